The van der Waals surface area contributed by atoms with Gasteiger partial charge in [-0.1, -0.05) is 12.8 Å². The second kappa shape index (κ2) is 8.56. The van der Waals surface area contributed by atoms with E-state index in [0.29, 0.717) is 12.6 Å². The lowest BCUT2D eigenvalue weighted by molar-refractivity contribution is -0.123. The summed E-state index contributed by atoms with van der Waals surface area (Å²) in [7, 11) is 4.10. The Morgan fingerprint density at radius 2 is 1.86 bits per heavy atom. The summed E-state index contributed by atoms with van der Waals surface area (Å²) in [4.78, 5) is 14.4. The molecule has 6 heteroatoms. The van der Waals surface area contributed by atoms with Gasteiger partial charge in [-0.15, -0.1) is 24.8 Å². The number of halogens is 2. The Balaban J connectivity index is 0.00000200. The van der Waals surface area contributed by atoms with Crippen LogP contribution in [0.15, 0.2) is 0 Å². The van der Waals surface area contributed by atoms with Crippen molar-refractivity contribution >= 4 is 30.7 Å². The van der Waals surface area contributed by atoms with E-state index in [1.807, 2.05) is 0 Å². The van der Waals surface area contributed by atoms with Crippen LogP contribution in [0.3, 0.4) is 0 Å². The van der Waals surface area contributed by atoms with Crippen LogP contribution < -0.4 is 10.6 Å². The molecule has 2 N–H and O–H groups in total. The highest BCUT2D eigenvalue weighted by Crippen LogP contribution is 2.33. The van der Waals surface area contributed by atoms with Crippen molar-refractivity contribution in [2.24, 2.45) is 5.92 Å². The predicted octanol–water partition coefficient (Wildman–Crippen LogP) is 2.21. The zero-order valence-electron chi connectivity index (χ0n) is 13.6. The van der Waals surface area contributed by atoms with Gasteiger partial charge >= 0.3 is 0 Å². The van der Waals surface area contributed by atoms with Crippen molar-refractivity contribution in [3.63, 3.8) is 0 Å². The number of fused-ring (bicyclic) bond motifs is 1. The smallest absolute Gasteiger partial charge is 0.237 e. The minimum atomic E-state index is 0. The maximum Gasteiger partial charge on any atom is 0.237 e. The molecule has 21 heavy (non-hydrogen) atoms. The van der Waals surface area contributed by atoms with E-state index in [2.05, 4.69) is 43.5 Å². The summed E-state index contributed by atoms with van der Waals surface area (Å²) in [5, 5.41) is 6.65. The van der Waals surface area contributed by atoms with Crippen LogP contribution in [0.1, 0.15) is 46.0 Å². The van der Waals surface area contributed by atoms with Gasteiger partial charge in [0.05, 0.1) is 6.04 Å². The topological polar surface area (TPSA) is 44.4 Å². The van der Waals surface area contributed by atoms with E-state index in [1.54, 1.807) is 0 Å². The van der Waals surface area contributed by atoms with Gasteiger partial charge in [-0.3, -0.25) is 4.79 Å². The molecule has 0 aromatic carbocycles. The van der Waals surface area contributed by atoms with Gasteiger partial charge in [-0.05, 0) is 53.1 Å². The molecule has 1 heterocycles. The number of rotatable bonds is 4. The maximum atomic E-state index is 12.3. The van der Waals surface area contributed by atoms with E-state index < -0.39 is 0 Å². The Labute approximate surface area is 141 Å². The summed E-state index contributed by atoms with van der Waals surface area (Å²) in [5.74, 6) is 0.913. The van der Waals surface area contributed by atoms with Gasteiger partial charge in [0.25, 0.3) is 0 Å². The summed E-state index contributed by atoms with van der Waals surface area (Å²) in [6.45, 7) is 5.00. The van der Waals surface area contributed by atoms with Gasteiger partial charge in [-0.25, -0.2) is 0 Å². The molecule has 0 radical (unpaired) electrons. The van der Waals surface area contributed by atoms with Crippen molar-refractivity contribution in [3.8, 4) is 0 Å². The fourth-order valence-corrected chi connectivity index (χ4v) is 3.11. The van der Waals surface area contributed by atoms with Gasteiger partial charge in [0.2, 0.25) is 5.91 Å². The summed E-state index contributed by atoms with van der Waals surface area (Å²) in [6, 6.07) is 0.623. The minimum Gasteiger partial charge on any atom is -0.353 e. The Morgan fingerprint density at radius 3 is 2.43 bits per heavy atom. The molecule has 0 bridgehead atoms. The largest absolute Gasteiger partial charge is 0.353 e. The van der Waals surface area contributed by atoms with Gasteiger partial charge in [0, 0.05) is 18.1 Å². The van der Waals surface area contributed by atoms with E-state index in [1.165, 1.54) is 25.7 Å². The third-order valence-corrected chi connectivity index (χ3v) is 5.09. The Bertz CT molecular complexity index is 323. The lowest BCUT2D eigenvalue weighted by Crippen LogP contribution is -2.51. The summed E-state index contributed by atoms with van der Waals surface area (Å²) in [6.07, 6.45) is 6.22. The molecule has 1 saturated heterocycles. The summed E-state index contributed by atoms with van der Waals surface area (Å²) < 4.78 is 0. The molecule has 2 rings (SSSR count). The van der Waals surface area contributed by atoms with Crippen LogP contribution in [0.25, 0.3) is 0 Å². The molecule has 2 fully saturated rings. The normalized spacial score (nSPS) is 28.3. The second-order valence-corrected chi connectivity index (χ2v) is 7.03. The average Bonchev–Trinajstić information content (AvgIpc) is 2.79. The van der Waals surface area contributed by atoms with Crippen molar-refractivity contribution < 1.29 is 4.79 Å². The van der Waals surface area contributed by atoms with Crippen molar-refractivity contribution in [1.82, 2.24) is 15.5 Å². The van der Waals surface area contributed by atoms with Gasteiger partial charge < -0.3 is 15.5 Å². The first-order valence-electron chi connectivity index (χ1n) is 7.61. The number of nitrogens with one attached hydrogen (secondary N) is 2. The molecule has 126 valence electrons. The first-order valence-corrected chi connectivity index (χ1v) is 7.61. The molecule has 0 aromatic rings. The highest BCUT2D eigenvalue weighted by Gasteiger charge is 2.38. The molecule has 3 unspecified atom stereocenters. The van der Waals surface area contributed by atoms with E-state index >= 15 is 0 Å². The number of likely N-dealkylation sites (N-methyl/N-ethyl adjacent to an activating group) is 1. The van der Waals surface area contributed by atoms with Crippen LogP contribution in [0.4, 0.5) is 0 Å². The number of hydrogen-bond donors (Lipinski definition) is 2. The molecular weight excluding hydrogens is 309 g/mol. The SMILES string of the molecule is CN(C)C(C)(C)CNC(=O)C1CC2CCCCC2N1.Cl.Cl. The van der Waals surface area contributed by atoms with Crippen LogP contribution in [0, 0.1) is 5.92 Å². The molecule has 0 spiro atoms. The molecule has 2 aliphatic rings. The van der Waals surface area contributed by atoms with Crippen LogP contribution in [0.5, 0.6) is 0 Å². The van der Waals surface area contributed by atoms with Gasteiger partial charge in [0.15, 0.2) is 0 Å². The Morgan fingerprint density at radius 1 is 1.24 bits per heavy atom. The zero-order chi connectivity index (χ0) is 14.0. The zero-order valence-corrected chi connectivity index (χ0v) is 15.3. The number of carbonyl (C=O) groups excluding carboxylic acids is 1. The van der Waals surface area contributed by atoms with Gasteiger partial charge in [0.1, 0.15) is 0 Å². The first-order chi connectivity index (χ1) is 8.90. The highest BCUT2D eigenvalue weighted by atomic mass is 35.5. The van der Waals surface area contributed by atoms with Crippen molar-refractivity contribution in [3.05, 3.63) is 0 Å². The summed E-state index contributed by atoms with van der Waals surface area (Å²) in [5.41, 5.74) is 0.00102. The molecule has 0 aromatic heterocycles. The third-order valence-electron chi connectivity index (χ3n) is 5.09. The molecule has 1 aliphatic heterocycles. The van der Waals surface area contributed by atoms with E-state index in [0.717, 1.165) is 12.3 Å². The van der Waals surface area contributed by atoms with Crippen molar-refractivity contribution in [1.29, 1.82) is 0 Å². The molecule has 1 aliphatic carbocycles. The van der Waals surface area contributed by atoms with Crippen LogP contribution >= 0.6 is 24.8 Å². The lowest BCUT2D eigenvalue weighted by atomic mass is 9.85. The fraction of sp³-hybridized carbons (Fsp3) is 0.933. The molecule has 1 saturated carbocycles. The standard InChI is InChI=1S/C15H29N3O.2ClH/c1-15(2,18(3)4)10-16-14(19)13-9-11-7-5-6-8-12(11)17-13;;/h11-13,17H,5-10H2,1-4H3,(H,16,19);2*1H. The van der Waals surface area contributed by atoms with Crippen molar-refractivity contribution in [2.75, 3.05) is 20.6 Å². The first kappa shape index (κ1) is 21.0. The Kier molecular flexibility index (Phi) is 8.55. The number of nitrogens with zero attached hydrogens (tertiary/aromatic N) is 1. The van der Waals surface area contributed by atoms with Crippen LogP contribution in [-0.2, 0) is 4.79 Å². The summed E-state index contributed by atoms with van der Waals surface area (Å²) >= 11 is 0. The molecule has 1 amide bonds. The predicted molar refractivity (Wildman–Crippen MR) is 92.6 cm³/mol. The van der Waals surface area contributed by atoms with Crippen LogP contribution in [-0.4, -0.2) is 49.1 Å². The van der Waals surface area contributed by atoms with E-state index in [-0.39, 0.29) is 42.3 Å². The van der Waals surface area contributed by atoms with Crippen molar-refractivity contribution in [2.45, 2.75) is 63.6 Å². The Hall–Kier alpha value is -0.0300. The average molecular weight is 340 g/mol. The second-order valence-electron chi connectivity index (χ2n) is 7.03. The monoisotopic (exact) mass is 339 g/mol. The minimum absolute atomic E-state index is 0. The molecule has 3 atom stereocenters. The molecule has 4 nitrogen and oxygen atoms in total. The fourth-order valence-electron chi connectivity index (χ4n) is 3.11. The number of carbonyl (C=O) groups is 1. The highest BCUT2D eigenvalue weighted by molar-refractivity contribution is 5.85. The quantitative estimate of drug-likeness (QED) is 0.825. The van der Waals surface area contributed by atoms with E-state index in [9.17, 15) is 4.79 Å². The van der Waals surface area contributed by atoms with Crippen LogP contribution in [0.2, 0.25) is 0 Å². The van der Waals surface area contributed by atoms with Gasteiger partial charge in [-0.2, -0.15) is 0 Å². The van der Waals surface area contributed by atoms with E-state index in [4.69, 9.17) is 0 Å². The molecular formula is C15H31Cl2N3O. The third kappa shape index (κ3) is 5.27. The maximum absolute atomic E-state index is 12.3. The number of hydrogen-bond acceptors (Lipinski definition) is 3. The number of amides is 1. The lowest BCUT2D eigenvalue weighted by Gasteiger charge is -2.33.